The first-order valence-corrected chi connectivity index (χ1v) is 7.26. The van der Waals surface area contributed by atoms with E-state index in [9.17, 15) is 0 Å². The summed E-state index contributed by atoms with van der Waals surface area (Å²) in [7, 11) is 1.59. The van der Waals surface area contributed by atoms with Crippen LogP contribution in [0.25, 0.3) is 0 Å². The van der Waals surface area contributed by atoms with Gasteiger partial charge in [0.1, 0.15) is 18.2 Å². The lowest BCUT2D eigenvalue weighted by atomic mass is 10.3. The molecule has 0 atom stereocenters. The van der Waals surface area contributed by atoms with Crippen LogP contribution in [0.1, 0.15) is 5.82 Å². The molecule has 106 valence electrons. The lowest BCUT2D eigenvalue weighted by molar-refractivity contribution is 0.178. The molecule has 0 fully saturated rings. The van der Waals surface area contributed by atoms with Gasteiger partial charge in [-0.05, 0) is 34.1 Å². The fourth-order valence-corrected chi connectivity index (χ4v) is 2.27. The third kappa shape index (κ3) is 3.89. The molecule has 0 aliphatic heterocycles. The average Bonchev–Trinajstić information content (AvgIpc) is 2.43. The van der Waals surface area contributed by atoms with Crippen molar-refractivity contribution in [3.8, 4) is 0 Å². The summed E-state index contributed by atoms with van der Waals surface area (Å²) in [6.45, 7) is 0.309. The maximum Gasteiger partial charge on any atom is 0.158 e. The summed E-state index contributed by atoms with van der Waals surface area (Å²) in [6.07, 6.45) is 0. The molecule has 2 rings (SSSR count). The van der Waals surface area contributed by atoms with E-state index in [4.69, 9.17) is 10.6 Å². The second-order valence-electron chi connectivity index (χ2n) is 3.88. The Hall–Kier alpha value is -1.22. The molecule has 0 bridgehead atoms. The molecule has 4 N–H and O–H groups in total. The molecule has 0 amide bonds. The third-order valence-electron chi connectivity index (χ3n) is 2.38. The molecule has 6 nitrogen and oxygen atoms in total. The summed E-state index contributed by atoms with van der Waals surface area (Å²) in [5.74, 6) is 7.08. The van der Waals surface area contributed by atoms with Gasteiger partial charge < -0.3 is 15.5 Å². The van der Waals surface area contributed by atoms with E-state index >= 15 is 0 Å². The highest BCUT2D eigenvalue weighted by atomic mass is 79.9. The molecular formula is C12H13Br2N5O. The molecule has 20 heavy (non-hydrogen) atoms. The third-order valence-corrected chi connectivity index (χ3v) is 3.57. The predicted molar refractivity (Wildman–Crippen MR) is 85.7 cm³/mol. The number of benzene rings is 1. The Balaban J connectivity index is 2.32. The van der Waals surface area contributed by atoms with Crippen molar-refractivity contribution >= 4 is 49.2 Å². The number of hydrogen-bond donors (Lipinski definition) is 3. The minimum absolute atomic E-state index is 0.309. The highest BCUT2D eigenvalue weighted by molar-refractivity contribution is 9.11. The number of aromatic nitrogens is 2. The maximum atomic E-state index is 5.41. The average molecular weight is 403 g/mol. The second-order valence-corrected chi connectivity index (χ2v) is 5.65. The van der Waals surface area contributed by atoms with Crippen LogP contribution in [0.15, 0.2) is 33.2 Å². The summed E-state index contributed by atoms with van der Waals surface area (Å²) < 4.78 is 6.93. The van der Waals surface area contributed by atoms with Gasteiger partial charge in [-0.3, -0.25) is 0 Å². The van der Waals surface area contributed by atoms with Gasteiger partial charge >= 0.3 is 0 Å². The lowest BCUT2D eigenvalue weighted by Crippen LogP contribution is -2.12. The van der Waals surface area contributed by atoms with Crippen LogP contribution in [0, 0.1) is 0 Å². The van der Waals surface area contributed by atoms with Crippen molar-refractivity contribution in [3.63, 3.8) is 0 Å². The van der Waals surface area contributed by atoms with Gasteiger partial charge in [-0.15, -0.1) is 0 Å². The number of nitrogens with zero attached hydrogens (tertiary/aromatic N) is 2. The molecule has 2 aromatic rings. The predicted octanol–water partition coefficient (Wildman–Crippen LogP) is 3.18. The van der Waals surface area contributed by atoms with E-state index in [2.05, 4.69) is 52.6 Å². The van der Waals surface area contributed by atoms with Gasteiger partial charge in [0.2, 0.25) is 0 Å². The maximum absolute atomic E-state index is 5.41. The Labute approximate surface area is 133 Å². The quantitative estimate of drug-likeness (QED) is 0.526. The smallest absolute Gasteiger partial charge is 0.158 e. The Morgan fingerprint density at radius 3 is 2.65 bits per heavy atom. The molecule has 0 saturated carbocycles. The van der Waals surface area contributed by atoms with Crippen LogP contribution in [0.5, 0.6) is 0 Å². The van der Waals surface area contributed by atoms with Crippen molar-refractivity contribution < 1.29 is 4.74 Å². The Kier molecular flexibility index (Phi) is 5.30. The Bertz CT molecular complexity index is 608. The number of nitrogen functional groups attached to an aromatic ring is 1. The van der Waals surface area contributed by atoms with E-state index in [0.717, 1.165) is 14.6 Å². The van der Waals surface area contributed by atoms with Crippen molar-refractivity contribution in [2.75, 3.05) is 17.9 Å². The minimum Gasteiger partial charge on any atom is -0.377 e. The molecule has 0 saturated heterocycles. The number of hydrogen-bond acceptors (Lipinski definition) is 6. The number of hydrazine groups is 1. The number of halogens is 2. The van der Waals surface area contributed by atoms with Crippen molar-refractivity contribution in [1.29, 1.82) is 0 Å². The Morgan fingerprint density at radius 1 is 1.20 bits per heavy atom. The molecule has 1 heterocycles. The van der Waals surface area contributed by atoms with Gasteiger partial charge in [0.25, 0.3) is 0 Å². The molecule has 0 radical (unpaired) electrons. The van der Waals surface area contributed by atoms with Crippen LogP contribution in [0.3, 0.4) is 0 Å². The molecule has 0 spiro atoms. The monoisotopic (exact) mass is 401 g/mol. The van der Waals surface area contributed by atoms with Gasteiger partial charge in [0.15, 0.2) is 5.82 Å². The van der Waals surface area contributed by atoms with Crippen LogP contribution in [-0.2, 0) is 11.3 Å². The first-order valence-electron chi connectivity index (χ1n) is 5.68. The fourth-order valence-electron chi connectivity index (χ4n) is 1.56. The molecular weight excluding hydrogens is 390 g/mol. The van der Waals surface area contributed by atoms with Crippen LogP contribution in [-0.4, -0.2) is 17.1 Å². The van der Waals surface area contributed by atoms with Crippen LogP contribution < -0.4 is 16.6 Å². The molecule has 0 aliphatic carbocycles. The van der Waals surface area contributed by atoms with E-state index in [1.54, 1.807) is 13.2 Å². The molecule has 0 aliphatic rings. The van der Waals surface area contributed by atoms with Gasteiger partial charge in [0.05, 0.1) is 5.69 Å². The van der Waals surface area contributed by atoms with E-state index < -0.39 is 0 Å². The number of nitrogens with one attached hydrogen (secondary N) is 2. The molecule has 1 aromatic carbocycles. The summed E-state index contributed by atoms with van der Waals surface area (Å²) in [4.78, 5) is 8.55. The summed E-state index contributed by atoms with van der Waals surface area (Å²) in [5, 5.41) is 3.21. The summed E-state index contributed by atoms with van der Waals surface area (Å²) in [6, 6.07) is 7.54. The minimum atomic E-state index is 0.309. The standard InChI is InChI=1S/C12H13Br2N5O/c1-20-6-12-17-10(5-11(18-12)19-15)16-9-4-7(13)2-3-8(9)14/h2-5H,6,15H2,1H3,(H2,16,17,18,19). The van der Waals surface area contributed by atoms with Gasteiger partial charge in [-0.2, -0.15) is 0 Å². The van der Waals surface area contributed by atoms with Crippen LogP contribution in [0.2, 0.25) is 0 Å². The number of methoxy groups -OCH3 is 1. The van der Waals surface area contributed by atoms with E-state index in [0.29, 0.717) is 24.1 Å². The number of anilines is 3. The highest BCUT2D eigenvalue weighted by Gasteiger charge is 2.07. The van der Waals surface area contributed by atoms with Crippen molar-refractivity contribution in [2.45, 2.75) is 6.61 Å². The summed E-state index contributed by atoms with van der Waals surface area (Å²) in [5.41, 5.74) is 3.39. The first kappa shape index (κ1) is 15.2. The molecule has 0 unspecified atom stereocenters. The van der Waals surface area contributed by atoms with Crippen molar-refractivity contribution in [1.82, 2.24) is 9.97 Å². The zero-order valence-electron chi connectivity index (χ0n) is 10.7. The normalized spacial score (nSPS) is 10.4. The number of rotatable bonds is 5. The second kappa shape index (κ2) is 6.98. The van der Waals surface area contributed by atoms with E-state index in [1.165, 1.54) is 0 Å². The topological polar surface area (TPSA) is 85.1 Å². The zero-order chi connectivity index (χ0) is 14.5. The van der Waals surface area contributed by atoms with Crippen LogP contribution in [0.4, 0.5) is 17.3 Å². The van der Waals surface area contributed by atoms with Gasteiger partial charge in [-0.25, -0.2) is 15.8 Å². The van der Waals surface area contributed by atoms with Gasteiger partial charge in [-0.1, -0.05) is 15.9 Å². The zero-order valence-corrected chi connectivity index (χ0v) is 13.8. The molecule has 8 heteroatoms. The SMILES string of the molecule is COCc1nc(NN)cc(Nc2cc(Br)ccc2Br)n1. The van der Waals surface area contributed by atoms with Gasteiger partial charge in [0, 0.05) is 22.1 Å². The van der Waals surface area contributed by atoms with Crippen molar-refractivity contribution in [2.24, 2.45) is 5.84 Å². The number of ether oxygens (including phenoxy) is 1. The first-order chi connectivity index (χ1) is 9.62. The Morgan fingerprint density at radius 2 is 1.95 bits per heavy atom. The van der Waals surface area contributed by atoms with Crippen molar-refractivity contribution in [3.05, 3.63) is 39.0 Å². The highest BCUT2D eigenvalue weighted by Crippen LogP contribution is 2.28. The molecule has 1 aromatic heterocycles. The van der Waals surface area contributed by atoms with E-state index in [-0.39, 0.29) is 0 Å². The van der Waals surface area contributed by atoms with E-state index in [1.807, 2.05) is 18.2 Å². The van der Waals surface area contributed by atoms with Crippen LogP contribution >= 0.6 is 31.9 Å². The lowest BCUT2D eigenvalue weighted by Gasteiger charge is -2.11. The largest absolute Gasteiger partial charge is 0.377 e. The summed E-state index contributed by atoms with van der Waals surface area (Å²) >= 11 is 6.91. The number of nitrogens with two attached hydrogens (primary N) is 1. The fraction of sp³-hybridized carbons (Fsp3) is 0.167.